The quantitative estimate of drug-likeness (QED) is 0.405. The van der Waals surface area contributed by atoms with Gasteiger partial charge in [0.25, 0.3) is 0 Å². The van der Waals surface area contributed by atoms with Gasteiger partial charge in [-0.3, -0.25) is 0 Å². The van der Waals surface area contributed by atoms with E-state index in [0.717, 1.165) is 19.5 Å². The van der Waals surface area contributed by atoms with Crippen molar-refractivity contribution in [2.45, 2.75) is 31.1 Å². The number of anilines is 1. The van der Waals surface area contributed by atoms with Crippen LogP contribution >= 0.6 is 0 Å². The number of carbonyl (C=O) groups excluding carboxylic acids is 1. The highest BCUT2D eigenvalue weighted by Crippen LogP contribution is 2.56. The van der Waals surface area contributed by atoms with E-state index in [9.17, 15) is 13.7 Å². The molecule has 3 unspecified atom stereocenters. The zero-order valence-electron chi connectivity index (χ0n) is 19.4. The van der Waals surface area contributed by atoms with Gasteiger partial charge in [0.2, 0.25) is 0 Å². The Morgan fingerprint density at radius 3 is 2.79 bits per heavy atom. The van der Waals surface area contributed by atoms with Gasteiger partial charge in [-0.2, -0.15) is 4.72 Å². The molecule has 3 atom stereocenters. The summed E-state index contributed by atoms with van der Waals surface area (Å²) in [5, 5.41) is 0. The minimum Gasteiger partial charge on any atom is -0.588 e. The van der Waals surface area contributed by atoms with Gasteiger partial charge in [0.05, 0.1) is 13.7 Å². The van der Waals surface area contributed by atoms with E-state index in [2.05, 4.69) is 9.62 Å². The van der Waals surface area contributed by atoms with Crippen molar-refractivity contribution < 1.29 is 27.6 Å². The molecule has 0 aromatic heterocycles. The van der Waals surface area contributed by atoms with Crippen molar-refractivity contribution in [3.05, 3.63) is 58.7 Å². The third kappa shape index (κ3) is 4.92. The van der Waals surface area contributed by atoms with Gasteiger partial charge in [0.1, 0.15) is 34.2 Å². The maximum Gasteiger partial charge on any atom is 0.344 e. The molecule has 9 heteroatoms. The van der Waals surface area contributed by atoms with E-state index in [1.807, 2.05) is 19.9 Å². The predicted octanol–water partition coefficient (Wildman–Crippen LogP) is 4.74. The molecule has 1 heterocycles. The number of hydrogen-bond donors (Lipinski definition) is 1. The molecular weight excluding hydrogens is 462 g/mol. The monoisotopic (exact) mass is 490 g/mol. The number of nitrogens with zero attached hydrogens (tertiary/aromatic N) is 1. The zero-order valence-corrected chi connectivity index (χ0v) is 20.2. The first kappa shape index (κ1) is 24.5. The average molecular weight is 491 g/mol. The second-order valence-corrected chi connectivity index (χ2v) is 9.55. The molecule has 34 heavy (non-hydrogen) atoms. The highest BCUT2D eigenvalue weighted by atomic mass is 32.2. The molecule has 0 bridgehead atoms. The number of hydrogen-bond acceptors (Lipinski definition) is 6. The van der Waals surface area contributed by atoms with Crippen LogP contribution in [-0.4, -0.2) is 48.8 Å². The summed E-state index contributed by atoms with van der Waals surface area (Å²) < 4.78 is 55.7. The highest BCUT2D eigenvalue weighted by molar-refractivity contribution is 7.92. The van der Waals surface area contributed by atoms with Gasteiger partial charge in [0.15, 0.2) is 10.7 Å². The number of esters is 1. The summed E-state index contributed by atoms with van der Waals surface area (Å²) in [5.41, 5.74) is 0.655. The summed E-state index contributed by atoms with van der Waals surface area (Å²) in [6, 6.07) is 5.18. The SMILES string of the molecule is CCN(CC)C/C=C\c1cc(F)ccc1[S+]([O-])Nc1c(F)cc2c(c1C(=O)OC)OCC1CC21. The van der Waals surface area contributed by atoms with E-state index >= 15 is 4.39 Å². The molecule has 6 nitrogen and oxygen atoms in total. The Morgan fingerprint density at radius 2 is 2.09 bits per heavy atom. The Labute approximate surface area is 201 Å². The Balaban J connectivity index is 1.66. The number of ether oxygens (including phenoxy) is 2. The molecule has 0 radical (unpaired) electrons. The molecule has 1 saturated carbocycles. The number of fused-ring (bicyclic) bond motifs is 3. The molecule has 2 aromatic rings. The van der Waals surface area contributed by atoms with E-state index in [-0.39, 0.29) is 27.8 Å². The minimum atomic E-state index is -2.00. The fraction of sp³-hybridized carbons (Fsp3) is 0.400. The fourth-order valence-electron chi connectivity index (χ4n) is 4.26. The molecule has 4 rings (SSSR count). The van der Waals surface area contributed by atoms with Crippen LogP contribution in [0.3, 0.4) is 0 Å². The third-order valence-corrected chi connectivity index (χ3v) is 7.50. The van der Waals surface area contributed by atoms with E-state index < -0.39 is 29.0 Å². The maximum atomic E-state index is 15.2. The molecule has 1 fully saturated rings. The van der Waals surface area contributed by atoms with Crippen LogP contribution in [0, 0.1) is 17.6 Å². The molecule has 0 amide bonds. The number of methoxy groups -OCH3 is 1. The summed E-state index contributed by atoms with van der Waals surface area (Å²) in [7, 11) is 1.20. The van der Waals surface area contributed by atoms with Gasteiger partial charge < -0.3 is 18.9 Å². The number of rotatable bonds is 9. The summed E-state index contributed by atoms with van der Waals surface area (Å²) in [6.45, 7) is 6.90. The highest BCUT2D eigenvalue weighted by Gasteiger charge is 2.46. The number of likely N-dealkylation sites (N-methyl/N-ethyl adjacent to an activating group) is 1. The number of nitrogens with one attached hydrogen (secondary N) is 1. The summed E-state index contributed by atoms with van der Waals surface area (Å²) in [6.07, 6.45) is 4.43. The standard InChI is InChI=1S/C25H28F2N2O4S/c1-4-29(5-2)10-6-7-15-11-17(26)8-9-21(15)34(31)28-23-20(27)13-19-18-12-16(18)14-33-24(19)22(23)25(30)32-3/h6-9,11,13,16,18,28H,4-5,10,12,14H2,1-3H3/b7-6-. The topological polar surface area (TPSA) is 73.9 Å². The second kappa shape index (κ2) is 10.3. The van der Waals surface area contributed by atoms with Crippen molar-refractivity contribution in [2.24, 2.45) is 5.92 Å². The Kier molecular flexibility index (Phi) is 7.45. The van der Waals surface area contributed by atoms with Crippen molar-refractivity contribution in [1.29, 1.82) is 0 Å². The first-order chi connectivity index (χ1) is 16.4. The lowest BCUT2D eigenvalue weighted by atomic mass is 10.00. The summed E-state index contributed by atoms with van der Waals surface area (Å²) >= 11 is -2.00. The van der Waals surface area contributed by atoms with Gasteiger partial charge in [-0.25, -0.2) is 13.6 Å². The van der Waals surface area contributed by atoms with Crippen molar-refractivity contribution in [3.8, 4) is 5.75 Å². The number of benzene rings is 2. The van der Waals surface area contributed by atoms with Crippen molar-refractivity contribution in [3.63, 3.8) is 0 Å². The zero-order chi connectivity index (χ0) is 24.4. The fourth-order valence-corrected chi connectivity index (χ4v) is 5.29. The van der Waals surface area contributed by atoms with Gasteiger partial charge in [-0.05, 0) is 49.7 Å². The van der Waals surface area contributed by atoms with Crippen molar-refractivity contribution in [2.75, 3.05) is 38.1 Å². The normalized spacial score (nSPS) is 19.4. The second-order valence-electron chi connectivity index (χ2n) is 8.37. The van der Waals surface area contributed by atoms with Crippen molar-refractivity contribution in [1.82, 2.24) is 4.90 Å². The van der Waals surface area contributed by atoms with E-state index in [0.29, 0.717) is 30.2 Å². The third-order valence-electron chi connectivity index (χ3n) is 6.34. The molecule has 2 aromatic carbocycles. The Bertz CT molecular complexity index is 1110. The maximum absolute atomic E-state index is 15.2. The average Bonchev–Trinajstić information content (AvgIpc) is 3.62. The summed E-state index contributed by atoms with van der Waals surface area (Å²) in [5.74, 6) is -1.23. The van der Waals surface area contributed by atoms with E-state index in [1.165, 1.54) is 31.4 Å². The molecule has 1 aliphatic carbocycles. The van der Waals surface area contributed by atoms with Crippen LogP contribution in [0.5, 0.6) is 5.75 Å². The van der Waals surface area contributed by atoms with Crippen LogP contribution in [0.1, 0.15) is 47.7 Å². The minimum absolute atomic E-state index is 0.114. The lowest BCUT2D eigenvalue weighted by Gasteiger charge is -2.23. The van der Waals surface area contributed by atoms with Crippen LogP contribution in [0.4, 0.5) is 14.5 Å². The van der Waals surface area contributed by atoms with Gasteiger partial charge in [-0.15, -0.1) is 0 Å². The van der Waals surface area contributed by atoms with Crippen LogP contribution < -0.4 is 9.46 Å². The van der Waals surface area contributed by atoms with Crippen LogP contribution in [-0.2, 0) is 16.1 Å². The number of carbonyl (C=O) groups is 1. The van der Waals surface area contributed by atoms with Gasteiger partial charge >= 0.3 is 5.97 Å². The molecule has 0 spiro atoms. The Hall–Kier alpha value is -2.62. The smallest absolute Gasteiger partial charge is 0.344 e. The van der Waals surface area contributed by atoms with Crippen LogP contribution in [0.2, 0.25) is 0 Å². The molecule has 182 valence electrons. The summed E-state index contributed by atoms with van der Waals surface area (Å²) in [4.78, 5) is 15.0. The van der Waals surface area contributed by atoms with Gasteiger partial charge in [0, 0.05) is 23.6 Å². The Morgan fingerprint density at radius 1 is 1.32 bits per heavy atom. The van der Waals surface area contributed by atoms with Crippen LogP contribution in [0.15, 0.2) is 35.2 Å². The largest absolute Gasteiger partial charge is 0.588 e. The molecule has 1 aliphatic heterocycles. The first-order valence-electron chi connectivity index (χ1n) is 11.3. The van der Waals surface area contributed by atoms with Gasteiger partial charge in [-0.1, -0.05) is 26.0 Å². The predicted molar refractivity (Wildman–Crippen MR) is 127 cm³/mol. The molecular formula is C25H28F2N2O4S. The molecule has 2 aliphatic rings. The van der Waals surface area contributed by atoms with E-state index in [1.54, 1.807) is 6.08 Å². The molecule has 0 saturated heterocycles. The number of halogens is 2. The van der Waals surface area contributed by atoms with Crippen molar-refractivity contribution >= 4 is 29.1 Å². The first-order valence-corrected chi connectivity index (χ1v) is 12.5. The van der Waals surface area contributed by atoms with E-state index in [4.69, 9.17) is 9.47 Å². The lowest BCUT2D eigenvalue weighted by molar-refractivity contribution is 0.0595. The lowest BCUT2D eigenvalue weighted by Crippen LogP contribution is -2.22. The van der Waals surface area contributed by atoms with Crippen LogP contribution in [0.25, 0.3) is 6.08 Å². The molecule has 1 N–H and O–H groups in total.